The normalized spacial score (nSPS) is 10.5. The zero-order chi connectivity index (χ0) is 13.2. The van der Waals surface area contributed by atoms with Crippen molar-refractivity contribution in [3.63, 3.8) is 0 Å². The SMILES string of the molecule is O=C(CCCCC(=O)N/N=C/c1ccc[nH]1)NO. The summed E-state index contributed by atoms with van der Waals surface area (Å²) in [7, 11) is 0. The first-order valence-electron chi connectivity index (χ1n) is 5.60. The monoisotopic (exact) mass is 252 g/mol. The molecule has 4 N–H and O–H groups in total. The van der Waals surface area contributed by atoms with Crippen molar-refractivity contribution in [2.24, 2.45) is 5.10 Å². The van der Waals surface area contributed by atoms with Crippen LogP contribution in [-0.4, -0.2) is 28.2 Å². The Bertz CT molecular complexity index is 400. The number of carbonyl (C=O) groups excluding carboxylic acids is 2. The molecule has 7 nitrogen and oxygen atoms in total. The van der Waals surface area contributed by atoms with Gasteiger partial charge in [0.1, 0.15) is 0 Å². The van der Waals surface area contributed by atoms with Crippen LogP contribution in [0.3, 0.4) is 0 Å². The van der Waals surface area contributed by atoms with Crippen molar-refractivity contribution in [3.8, 4) is 0 Å². The van der Waals surface area contributed by atoms with E-state index < -0.39 is 5.91 Å². The first-order chi connectivity index (χ1) is 8.72. The Kier molecular flexibility index (Phi) is 6.20. The van der Waals surface area contributed by atoms with E-state index in [1.54, 1.807) is 6.20 Å². The number of H-pyrrole nitrogens is 1. The van der Waals surface area contributed by atoms with Crippen LogP contribution in [0.4, 0.5) is 0 Å². The fourth-order valence-corrected chi connectivity index (χ4v) is 1.28. The molecule has 0 unspecified atom stereocenters. The highest BCUT2D eigenvalue weighted by molar-refractivity contribution is 5.80. The lowest BCUT2D eigenvalue weighted by Gasteiger charge is -1.99. The molecule has 0 saturated carbocycles. The number of hydrazone groups is 1. The van der Waals surface area contributed by atoms with E-state index in [0.717, 1.165) is 5.69 Å². The summed E-state index contributed by atoms with van der Waals surface area (Å²) in [6.45, 7) is 0. The first-order valence-corrected chi connectivity index (χ1v) is 5.60. The molecule has 0 fully saturated rings. The van der Waals surface area contributed by atoms with Crippen LogP contribution >= 0.6 is 0 Å². The highest BCUT2D eigenvalue weighted by atomic mass is 16.5. The number of hydrogen-bond donors (Lipinski definition) is 4. The molecule has 0 aromatic carbocycles. The molecule has 98 valence electrons. The van der Waals surface area contributed by atoms with E-state index in [2.05, 4.69) is 15.5 Å². The fourth-order valence-electron chi connectivity index (χ4n) is 1.28. The average molecular weight is 252 g/mol. The number of rotatable bonds is 7. The zero-order valence-electron chi connectivity index (χ0n) is 9.85. The third kappa shape index (κ3) is 5.80. The molecule has 18 heavy (non-hydrogen) atoms. The molecule has 0 saturated heterocycles. The number of aromatic nitrogens is 1. The second kappa shape index (κ2) is 8.02. The Morgan fingerprint density at radius 2 is 2.06 bits per heavy atom. The molecule has 1 aromatic rings. The first kappa shape index (κ1) is 13.9. The molecule has 0 atom stereocenters. The van der Waals surface area contributed by atoms with E-state index in [9.17, 15) is 9.59 Å². The number of carbonyl (C=O) groups is 2. The molecule has 0 aliphatic carbocycles. The van der Waals surface area contributed by atoms with Gasteiger partial charge in [0.2, 0.25) is 11.8 Å². The van der Waals surface area contributed by atoms with Crippen LogP contribution in [-0.2, 0) is 9.59 Å². The summed E-state index contributed by atoms with van der Waals surface area (Å²) in [5.41, 5.74) is 4.72. The van der Waals surface area contributed by atoms with Gasteiger partial charge in [-0.15, -0.1) is 0 Å². The predicted octanol–water partition coefficient (Wildman–Crippen LogP) is 0.531. The Labute approximate surface area is 104 Å². The molecular formula is C11H16N4O3. The highest BCUT2D eigenvalue weighted by Crippen LogP contribution is 1.99. The molecular weight excluding hydrogens is 236 g/mol. The molecule has 1 rings (SSSR count). The third-order valence-corrected chi connectivity index (χ3v) is 2.20. The van der Waals surface area contributed by atoms with Crippen molar-refractivity contribution in [2.45, 2.75) is 25.7 Å². The molecule has 0 aliphatic heterocycles. The lowest BCUT2D eigenvalue weighted by atomic mass is 10.2. The van der Waals surface area contributed by atoms with E-state index in [-0.39, 0.29) is 12.3 Å². The lowest BCUT2D eigenvalue weighted by molar-refractivity contribution is -0.129. The van der Waals surface area contributed by atoms with Crippen molar-refractivity contribution in [1.29, 1.82) is 0 Å². The summed E-state index contributed by atoms with van der Waals surface area (Å²) in [4.78, 5) is 24.9. The molecule has 2 amide bonds. The number of hydroxylamine groups is 1. The van der Waals surface area contributed by atoms with Gasteiger partial charge in [-0.2, -0.15) is 5.10 Å². The minimum absolute atomic E-state index is 0.204. The molecule has 0 bridgehead atoms. The molecule has 0 spiro atoms. The Morgan fingerprint density at radius 1 is 1.33 bits per heavy atom. The van der Waals surface area contributed by atoms with E-state index in [1.165, 1.54) is 11.7 Å². The molecule has 0 aliphatic rings. The van der Waals surface area contributed by atoms with Crippen LogP contribution in [0.15, 0.2) is 23.4 Å². The second-order valence-corrected chi connectivity index (χ2v) is 3.66. The number of nitrogens with zero attached hydrogens (tertiary/aromatic N) is 1. The maximum absolute atomic E-state index is 11.3. The Morgan fingerprint density at radius 3 is 2.67 bits per heavy atom. The van der Waals surface area contributed by atoms with Crippen molar-refractivity contribution in [3.05, 3.63) is 24.0 Å². The van der Waals surface area contributed by atoms with Crippen LogP contribution in [0.25, 0.3) is 0 Å². The largest absolute Gasteiger partial charge is 0.360 e. The summed E-state index contributed by atoms with van der Waals surface area (Å²) < 4.78 is 0. The van der Waals surface area contributed by atoms with Crippen molar-refractivity contribution in [1.82, 2.24) is 15.9 Å². The molecule has 7 heteroatoms. The number of unbranched alkanes of at least 4 members (excludes halogenated alkanes) is 1. The van der Waals surface area contributed by atoms with Crippen molar-refractivity contribution < 1.29 is 14.8 Å². The van der Waals surface area contributed by atoms with Gasteiger partial charge in [-0.25, -0.2) is 10.9 Å². The fraction of sp³-hybridized carbons (Fsp3) is 0.364. The summed E-state index contributed by atoms with van der Waals surface area (Å²) in [6, 6.07) is 3.65. The maximum Gasteiger partial charge on any atom is 0.243 e. The van der Waals surface area contributed by atoms with Gasteiger partial charge in [-0.3, -0.25) is 14.8 Å². The molecule has 0 radical (unpaired) electrons. The van der Waals surface area contributed by atoms with E-state index in [0.29, 0.717) is 19.3 Å². The van der Waals surface area contributed by atoms with Crippen molar-refractivity contribution >= 4 is 18.0 Å². The van der Waals surface area contributed by atoms with Gasteiger partial charge in [0.05, 0.1) is 11.9 Å². The van der Waals surface area contributed by atoms with Gasteiger partial charge in [0.25, 0.3) is 0 Å². The average Bonchev–Trinajstić information content (AvgIpc) is 2.87. The Balaban J connectivity index is 2.09. The van der Waals surface area contributed by atoms with E-state index in [1.807, 2.05) is 12.1 Å². The van der Waals surface area contributed by atoms with Crippen LogP contribution in [0, 0.1) is 0 Å². The highest BCUT2D eigenvalue weighted by Gasteiger charge is 2.02. The number of nitrogens with one attached hydrogen (secondary N) is 3. The number of aromatic amines is 1. The van der Waals surface area contributed by atoms with Crippen LogP contribution in [0.2, 0.25) is 0 Å². The predicted molar refractivity (Wildman–Crippen MR) is 64.9 cm³/mol. The topological polar surface area (TPSA) is 107 Å². The third-order valence-electron chi connectivity index (χ3n) is 2.20. The summed E-state index contributed by atoms with van der Waals surface area (Å²) >= 11 is 0. The number of hydrogen-bond acceptors (Lipinski definition) is 4. The van der Waals surface area contributed by atoms with Crippen LogP contribution in [0.1, 0.15) is 31.4 Å². The van der Waals surface area contributed by atoms with Gasteiger partial charge in [-0.1, -0.05) is 0 Å². The molecule has 1 aromatic heterocycles. The summed E-state index contributed by atoms with van der Waals surface area (Å²) in [5.74, 6) is -0.651. The number of amides is 2. The zero-order valence-corrected chi connectivity index (χ0v) is 9.85. The smallest absolute Gasteiger partial charge is 0.243 e. The summed E-state index contributed by atoms with van der Waals surface area (Å²) in [5, 5.41) is 12.0. The minimum Gasteiger partial charge on any atom is -0.360 e. The van der Waals surface area contributed by atoms with Gasteiger partial charge in [0, 0.05) is 19.0 Å². The van der Waals surface area contributed by atoms with Crippen LogP contribution in [0.5, 0.6) is 0 Å². The molecule has 1 heterocycles. The quantitative estimate of drug-likeness (QED) is 0.246. The van der Waals surface area contributed by atoms with Crippen LogP contribution < -0.4 is 10.9 Å². The minimum atomic E-state index is -0.444. The van der Waals surface area contributed by atoms with E-state index >= 15 is 0 Å². The van der Waals surface area contributed by atoms with E-state index in [4.69, 9.17) is 5.21 Å². The lowest BCUT2D eigenvalue weighted by Crippen LogP contribution is -2.19. The Hall–Kier alpha value is -2.15. The second-order valence-electron chi connectivity index (χ2n) is 3.66. The van der Waals surface area contributed by atoms with Crippen molar-refractivity contribution in [2.75, 3.05) is 0 Å². The summed E-state index contributed by atoms with van der Waals surface area (Å²) in [6.07, 6.45) is 4.88. The standard InChI is InChI=1S/C11H16N4O3/c16-10(5-1-2-6-11(17)15-18)14-13-8-9-4-3-7-12-9/h3-4,7-8,12,18H,1-2,5-6H2,(H,14,16)(H,15,17)/b13-8+. The van der Waals surface area contributed by atoms with Gasteiger partial charge in [0.15, 0.2) is 0 Å². The van der Waals surface area contributed by atoms with Gasteiger partial charge in [-0.05, 0) is 25.0 Å². The van der Waals surface area contributed by atoms with Gasteiger partial charge >= 0.3 is 0 Å². The van der Waals surface area contributed by atoms with Gasteiger partial charge < -0.3 is 4.98 Å². The maximum atomic E-state index is 11.3.